The standard InChI is InChI=1S/C44H31NOS/c1-2-11-28(12-3-1)30-14-10-15-31(25-30)45(32-22-23-36-35-18-8-9-20-39(35)46-40(36)26-32)38-27-42-44(37-19-7-6-17-34(37)38)43-33-16-5-4-13-29(33)21-24-41(43)47-42/h4-11,13-27H,1-3,12H2. The van der Waals surface area contributed by atoms with Crippen LogP contribution in [0.1, 0.15) is 31.2 Å². The van der Waals surface area contributed by atoms with Crippen LogP contribution >= 0.6 is 11.3 Å². The number of fused-ring (bicyclic) bond motifs is 10. The third kappa shape index (κ3) is 4.23. The molecular formula is C44H31NOS. The van der Waals surface area contributed by atoms with E-state index in [1.165, 1.54) is 71.4 Å². The van der Waals surface area contributed by atoms with Crippen LogP contribution in [0.4, 0.5) is 17.1 Å². The molecule has 2 nitrogen and oxygen atoms in total. The summed E-state index contributed by atoms with van der Waals surface area (Å²) >= 11 is 1.89. The molecule has 0 aliphatic heterocycles. The normalized spacial score (nSPS) is 13.7. The van der Waals surface area contributed by atoms with E-state index in [1.54, 1.807) is 0 Å². The van der Waals surface area contributed by atoms with Gasteiger partial charge in [0.25, 0.3) is 0 Å². The predicted molar refractivity (Wildman–Crippen MR) is 203 cm³/mol. The Labute approximate surface area is 276 Å². The molecule has 2 aromatic heterocycles. The van der Waals surface area contributed by atoms with Gasteiger partial charge in [-0.2, -0.15) is 0 Å². The molecule has 0 fully saturated rings. The van der Waals surface area contributed by atoms with Crippen LogP contribution in [0.3, 0.4) is 0 Å². The van der Waals surface area contributed by atoms with Gasteiger partial charge in [-0.3, -0.25) is 0 Å². The van der Waals surface area contributed by atoms with E-state index >= 15 is 0 Å². The lowest BCUT2D eigenvalue weighted by Crippen LogP contribution is -2.11. The van der Waals surface area contributed by atoms with Crippen LogP contribution < -0.4 is 4.90 Å². The third-order valence-electron chi connectivity index (χ3n) is 9.97. The maximum absolute atomic E-state index is 6.44. The van der Waals surface area contributed by atoms with Gasteiger partial charge in [-0.05, 0) is 95.4 Å². The molecule has 0 atom stereocenters. The lowest BCUT2D eigenvalue weighted by Gasteiger charge is -2.28. The van der Waals surface area contributed by atoms with Gasteiger partial charge in [0.05, 0.1) is 5.69 Å². The van der Waals surface area contributed by atoms with Gasteiger partial charge in [0.1, 0.15) is 11.2 Å². The molecule has 2 heterocycles. The number of hydrogen-bond acceptors (Lipinski definition) is 3. The SMILES string of the molecule is C1=C(c2cccc(N(c3ccc4c(c3)oc3ccccc34)c3cc4sc5ccc6ccccc6c5c4c4ccccc34)c2)CCCC1. The Bertz CT molecular complexity index is 2710. The summed E-state index contributed by atoms with van der Waals surface area (Å²) in [5.74, 6) is 0. The van der Waals surface area contributed by atoms with E-state index in [0.717, 1.165) is 46.2 Å². The molecule has 9 aromatic rings. The first-order valence-electron chi connectivity index (χ1n) is 16.6. The van der Waals surface area contributed by atoms with E-state index < -0.39 is 0 Å². The van der Waals surface area contributed by atoms with E-state index in [4.69, 9.17) is 4.42 Å². The lowest BCUT2D eigenvalue weighted by molar-refractivity contribution is 0.669. The number of hydrogen-bond donors (Lipinski definition) is 0. The fraction of sp³-hybridized carbons (Fsp3) is 0.0909. The first-order valence-corrected chi connectivity index (χ1v) is 17.4. The number of furan rings is 1. The fourth-order valence-corrected chi connectivity index (χ4v) is 8.97. The summed E-state index contributed by atoms with van der Waals surface area (Å²) in [7, 11) is 0. The van der Waals surface area contributed by atoms with Crippen molar-refractivity contribution in [3.05, 3.63) is 145 Å². The zero-order valence-corrected chi connectivity index (χ0v) is 26.7. The molecule has 47 heavy (non-hydrogen) atoms. The number of rotatable bonds is 4. The Morgan fingerprint density at radius 3 is 2.19 bits per heavy atom. The minimum absolute atomic E-state index is 0.901. The van der Waals surface area contributed by atoms with Gasteiger partial charge in [-0.25, -0.2) is 0 Å². The van der Waals surface area contributed by atoms with E-state index in [0.29, 0.717) is 0 Å². The summed E-state index contributed by atoms with van der Waals surface area (Å²) in [6, 6.07) is 48.9. The zero-order chi connectivity index (χ0) is 30.9. The van der Waals surface area contributed by atoms with Gasteiger partial charge in [-0.15, -0.1) is 11.3 Å². The third-order valence-corrected chi connectivity index (χ3v) is 11.1. The van der Waals surface area contributed by atoms with Crippen LogP contribution in [-0.2, 0) is 0 Å². The largest absolute Gasteiger partial charge is 0.456 e. The van der Waals surface area contributed by atoms with Gasteiger partial charge in [-0.1, -0.05) is 91.0 Å². The first kappa shape index (κ1) is 26.8. The molecular weight excluding hydrogens is 591 g/mol. The van der Waals surface area contributed by atoms with Crippen LogP contribution in [0.25, 0.3) is 69.2 Å². The number of benzene rings is 7. The molecule has 0 unspecified atom stereocenters. The molecule has 0 saturated heterocycles. The van der Waals surface area contributed by atoms with Gasteiger partial charge in [0.15, 0.2) is 0 Å². The molecule has 10 rings (SSSR count). The average Bonchev–Trinajstić information content (AvgIpc) is 3.71. The summed E-state index contributed by atoms with van der Waals surface area (Å²) < 4.78 is 9.06. The number of allylic oxidation sites excluding steroid dienone is 2. The second kappa shape index (κ2) is 10.6. The van der Waals surface area contributed by atoms with Gasteiger partial charge < -0.3 is 9.32 Å². The van der Waals surface area contributed by atoms with Crippen molar-refractivity contribution in [3.63, 3.8) is 0 Å². The highest BCUT2D eigenvalue weighted by Gasteiger charge is 2.22. The molecule has 0 spiro atoms. The molecule has 0 amide bonds. The van der Waals surface area contributed by atoms with Crippen molar-refractivity contribution in [1.29, 1.82) is 0 Å². The molecule has 0 radical (unpaired) electrons. The van der Waals surface area contributed by atoms with Crippen molar-refractivity contribution >= 4 is 97.6 Å². The number of anilines is 3. The zero-order valence-electron chi connectivity index (χ0n) is 25.9. The molecule has 224 valence electrons. The molecule has 7 aromatic carbocycles. The first-order chi connectivity index (χ1) is 23.3. The van der Waals surface area contributed by atoms with E-state index in [-0.39, 0.29) is 0 Å². The second-order valence-corrected chi connectivity index (χ2v) is 13.8. The highest BCUT2D eigenvalue weighted by molar-refractivity contribution is 7.26. The van der Waals surface area contributed by atoms with Gasteiger partial charge in [0.2, 0.25) is 0 Å². The van der Waals surface area contributed by atoms with E-state index in [1.807, 2.05) is 17.4 Å². The molecule has 1 aliphatic rings. The maximum Gasteiger partial charge on any atom is 0.137 e. The topological polar surface area (TPSA) is 16.4 Å². The predicted octanol–water partition coefficient (Wildman–Crippen LogP) is 13.7. The molecule has 1 aliphatic carbocycles. The van der Waals surface area contributed by atoms with Crippen molar-refractivity contribution in [2.24, 2.45) is 0 Å². The van der Waals surface area contributed by atoms with Crippen molar-refractivity contribution < 1.29 is 4.42 Å². The summed E-state index contributed by atoms with van der Waals surface area (Å²) in [6.45, 7) is 0. The van der Waals surface area contributed by atoms with Crippen LogP contribution in [0.5, 0.6) is 0 Å². The smallest absolute Gasteiger partial charge is 0.137 e. The highest BCUT2D eigenvalue weighted by Crippen LogP contribution is 2.48. The van der Waals surface area contributed by atoms with E-state index in [9.17, 15) is 0 Å². The summed E-state index contributed by atoms with van der Waals surface area (Å²) in [4.78, 5) is 2.45. The Balaban J connectivity index is 1.27. The lowest BCUT2D eigenvalue weighted by atomic mass is 9.93. The number of nitrogens with zero attached hydrogens (tertiary/aromatic N) is 1. The van der Waals surface area contributed by atoms with Gasteiger partial charge in [0, 0.05) is 53.8 Å². The number of para-hydroxylation sites is 1. The summed E-state index contributed by atoms with van der Waals surface area (Å²) in [5.41, 5.74) is 8.01. The van der Waals surface area contributed by atoms with Crippen molar-refractivity contribution in [2.75, 3.05) is 4.90 Å². The summed E-state index contributed by atoms with van der Waals surface area (Å²) in [6.07, 6.45) is 7.27. The van der Waals surface area contributed by atoms with Crippen LogP contribution in [0.15, 0.2) is 144 Å². The molecule has 3 heteroatoms. The fourth-order valence-electron chi connectivity index (χ4n) is 7.79. The molecule has 0 bridgehead atoms. The summed E-state index contributed by atoms with van der Waals surface area (Å²) in [5, 5.41) is 10.1. The minimum Gasteiger partial charge on any atom is -0.456 e. The second-order valence-electron chi connectivity index (χ2n) is 12.7. The van der Waals surface area contributed by atoms with Crippen molar-refractivity contribution in [3.8, 4) is 0 Å². The Morgan fingerprint density at radius 1 is 0.532 bits per heavy atom. The Kier molecular flexibility index (Phi) is 6.03. The Morgan fingerprint density at radius 2 is 1.30 bits per heavy atom. The average molecular weight is 622 g/mol. The maximum atomic E-state index is 6.44. The minimum atomic E-state index is 0.901. The molecule has 0 N–H and O–H groups in total. The van der Waals surface area contributed by atoms with Crippen LogP contribution in [0.2, 0.25) is 0 Å². The quantitative estimate of drug-likeness (QED) is 0.194. The van der Waals surface area contributed by atoms with Crippen molar-refractivity contribution in [2.45, 2.75) is 25.7 Å². The number of thiophene rings is 1. The van der Waals surface area contributed by atoms with Crippen LogP contribution in [-0.4, -0.2) is 0 Å². The Hall–Kier alpha value is -5.38. The molecule has 0 saturated carbocycles. The van der Waals surface area contributed by atoms with Crippen molar-refractivity contribution in [1.82, 2.24) is 0 Å². The van der Waals surface area contributed by atoms with Gasteiger partial charge >= 0.3 is 0 Å². The van der Waals surface area contributed by atoms with Crippen LogP contribution in [0, 0.1) is 0 Å². The highest BCUT2D eigenvalue weighted by atomic mass is 32.1. The monoisotopic (exact) mass is 621 g/mol. The van der Waals surface area contributed by atoms with E-state index in [2.05, 4.69) is 138 Å².